The molecule has 2 aromatic rings. The first-order valence-electron chi connectivity index (χ1n) is 9.95. The number of rotatable bonds is 4. The van der Waals surface area contributed by atoms with Gasteiger partial charge in [0, 0.05) is 0 Å². The summed E-state index contributed by atoms with van der Waals surface area (Å²) in [5.74, 6) is -0.0528. The SMILES string of the molecule is COC(=O)[C@]1(C)CC[C@@H]([Si](c2ccccc2)(c2ccccc2)C(C)(C)C)C1. The maximum absolute atomic E-state index is 12.5. The molecule has 144 valence electrons. The number of benzene rings is 2. The van der Waals surface area contributed by atoms with Gasteiger partial charge in [0.2, 0.25) is 0 Å². The summed E-state index contributed by atoms with van der Waals surface area (Å²) >= 11 is 0. The Kier molecular flexibility index (Phi) is 5.35. The minimum absolute atomic E-state index is 0.0528. The molecule has 0 saturated heterocycles. The Balaban J connectivity index is 2.21. The Hall–Kier alpha value is -1.87. The molecule has 0 aromatic heterocycles. The van der Waals surface area contributed by atoms with Crippen molar-refractivity contribution >= 4 is 24.4 Å². The summed E-state index contributed by atoms with van der Waals surface area (Å²) in [7, 11) is -0.654. The van der Waals surface area contributed by atoms with Crippen LogP contribution in [0.5, 0.6) is 0 Å². The molecule has 1 aliphatic carbocycles. The van der Waals surface area contributed by atoms with Gasteiger partial charge in [0.15, 0.2) is 0 Å². The van der Waals surface area contributed by atoms with Gasteiger partial charge in [0.1, 0.15) is 8.07 Å². The fourth-order valence-corrected chi connectivity index (χ4v) is 12.6. The molecular formula is C24H32O2Si. The summed E-state index contributed by atoms with van der Waals surface area (Å²) in [4.78, 5) is 12.5. The number of carbonyl (C=O) groups is 1. The molecule has 0 N–H and O–H groups in total. The van der Waals surface area contributed by atoms with E-state index < -0.39 is 8.07 Å². The molecule has 2 nitrogen and oxygen atoms in total. The maximum Gasteiger partial charge on any atom is 0.311 e. The zero-order valence-corrected chi connectivity index (χ0v) is 18.3. The fourth-order valence-electron chi connectivity index (χ4n) is 5.56. The first-order valence-corrected chi connectivity index (χ1v) is 12.0. The van der Waals surface area contributed by atoms with E-state index >= 15 is 0 Å². The van der Waals surface area contributed by atoms with Gasteiger partial charge in [-0.3, -0.25) is 4.79 Å². The number of carbonyl (C=O) groups excluding carboxylic acids is 1. The van der Waals surface area contributed by atoms with E-state index in [1.807, 2.05) is 0 Å². The molecule has 1 aliphatic rings. The highest BCUT2D eigenvalue weighted by Gasteiger charge is 2.57. The molecule has 27 heavy (non-hydrogen) atoms. The molecule has 0 aliphatic heterocycles. The molecule has 0 heterocycles. The molecular weight excluding hydrogens is 348 g/mol. The lowest BCUT2D eigenvalue weighted by Crippen LogP contribution is -2.67. The first-order chi connectivity index (χ1) is 12.8. The van der Waals surface area contributed by atoms with E-state index in [0.29, 0.717) is 5.54 Å². The van der Waals surface area contributed by atoms with Crippen molar-refractivity contribution in [3.8, 4) is 0 Å². The largest absolute Gasteiger partial charge is 0.469 e. The smallest absolute Gasteiger partial charge is 0.311 e. The first kappa shape index (κ1) is 19.9. The predicted molar refractivity (Wildman–Crippen MR) is 115 cm³/mol. The van der Waals surface area contributed by atoms with Crippen LogP contribution >= 0.6 is 0 Å². The molecule has 0 unspecified atom stereocenters. The Morgan fingerprint density at radius 1 is 1.00 bits per heavy atom. The van der Waals surface area contributed by atoms with Gasteiger partial charge < -0.3 is 4.74 Å². The monoisotopic (exact) mass is 380 g/mol. The van der Waals surface area contributed by atoms with Crippen LogP contribution in [0.25, 0.3) is 0 Å². The van der Waals surface area contributed by atoms with Crippen molar-refractivity contribution < 1.29 is 9.53 Å². The van der Waals surface area contributed by atoms with Crippen LogP contribution < -0.4 is 10.4 Å². The topological polar surface area (TPSA) is 26.3 Å². The van der Waals surface area contributed by atoms with E-state index in [1.165, 1.54) is 17.5 Å². The normalized spacial score (nSPS) is 23.2. The zero-order valence-electron chi connectivity index (χ0n) is 17.3. The lowest BCUT2D eigenvalue weighted by molar-refractivity contribution is -0.151. The summed E-state index contributed by atoms with van der Waals surface area (Å²) in [6.07, 6.45) is 2.90. The van der Waals surface area contributed by atoms with Crippen LogP contribution in [-0.4, -0.2) is 21.2 Å². The van der Waals surface area contributed by atoms with Gasteiger partial charge in [-0.05, 0) is 30.3 Å². The van der Waals surface area contributed by atoms with Crippen molar-refractivity contribution in [2.45, 2.75) is 57.5 Å². The third kappa shape index (κ3) is 3.27. The quantitative estimate of drug-likeness (QED) is 0.563. The Labute approximate surface area is 165 Å². The van der Waals surface area contributed by atoms with Gasteiger partial charge in [0.25, 0.3) is 0 Å². The molecule has 1 saturated carbocycles. The minimum Gasteiger partial charge on any atom is -0.469 e. The van der Waals surface area contributed by atoms with Crippen LogP contribution in [0.1, 0.15) is 47.0 Å². The van der Waals surface area contributed by atoms with E-state index in [0.717, 1.165) is 19.3 Å². The molecule has 2 atom stereocenters. The highest BCUT2D eigenvalue weighted by atomic mass is 28.3. The summed E-state index contributed by atoms with van der Waals surface area (Å²) in [5, 5.41) is 3.08. The van der Waals surface area contributed by atoms with E-state index in [2.05, 4.69) is 88.4 Å². The second-order valence-electron chi connectivity index (χ2n) is 9.28. The van der Waals surface area contributed by atoms with Crippen LogP contribution in [0.15, 0.2) is 60.7 Å². The van der Waals surface area contributed by atoms with Crippen molar-refractivity contribution in [1.82, 2.24) is 0 Å². The lowest BCUT2D eigenvalue weighted by Gasteiger charge is -2.48. The van der Waals surface area contributed by atoms with Crippen LogP contribution in [0, 0.1) is 5.41 Å². The van der Waals surface area contributed by atoms with Gasteiger partial charge in [-0.15, -0.1) is 0 Å². The lowest BCUT2D eigenvalue weighted by atomic mass is 9.89. The molecule has 1 fully saturated rings. The molecule has 0 bridgehead atoms. The minimum atomic E-state index is -2.17. The van der Waals surface area contributed by atoms with Crippen molar-refractivity contribution in [2.24, 2.45) is 5.41 Å². The molecule has 0 radical (unpaired) electrons. The van der Waals surface area contributed by atoms with Crippen molar-refractivity contribution in [3.63, 3.8) is 0 Å². The number of ether oxygens (including phenoxy) is 1. The van der Waals surface area contributed by atoms with Crippen LogP contribution in [0.2, 0.25) is 10.6 Å². The average molecular weight is 381 g/mol. The summed E-state index contributed by atoms with van der Waals surface area (Å²) in [6.45, 7) is 9.28. The van der Waals surface area contributed by atoms with Crippen LogP contribution in [0.3, 0.4) is 0 Å². The number of methoxy groups -OCH3 is 1. The van der Waals surface area contributed by atoms with Gasteiger partial charge in [-0.2, -0.15) is 0 Å². The van der Waals surface area contributed by atoms with E-state index in [9.17, 15) is 4.79 Å². The molecule has 0 amide bonds. The van der Waals surface area contributed by atoms with Crippen molar-refractivity contribution in [1.29, 1.82) is 0 Å². The van der Waals surface area contributed by atoms with Crippen molar-refractivity contribution in [2.75, 3.05) is 7.11 Å². The molecule has 3 rings (SSSR count). The Bertz CT molecular complexity index is 740. The third-order valence-electron chi connectivity index (χ3n) is 6.67. The maximum atomic E-state index is 12.5. The van der Waals surface area contributed by atoms with Crippen molar-refractivity contribution in [3.05, 3.63) is 60.7 Å². The van der Waals surface area contributed by atoms with Gasteiger partial charge in [-0.1, -0.05) is 98.2 Å². The van der Waals surface area contributed by atoms with Crippen LogP contribution in [0.4, 0.5) is 0 Å². The second kappa shape index (κ2) is 7.27. The zero-order chi connectivity index (χ0) is 19.7. The summed E-state index contributed by atoms with van der Waals surface area (Å²) in [6, 6.07) is 22.1. The number of esters is 1. The van der Waals surface area contributed by atoms with Gasteiger partial charge in [0.05, 0.1) is 12.5 Å². The third-order valence-corrected chi connectivity index (χ3v) is 13.2. The Morgan fingerprint density at radius 2 is 1.48 bits per heavy atom. The van der Waals surface area contributed by atoms with E-state index in [4.69, 9.17) is 4.74 Å². The number of hydrogen-bond donors (Lipinski definition) is 0. The fraction of sp³-hybridized carbons (Fsp3) is 0.458. The van der Waals surface area contributed by atoms with Crippen LogP contribution in [-0.2, 0) is 9.53 Å². The average Bonchev–Trinajstić information content (AvgIpc) is 3.06. The molecule has 2 aromatic carbocycles. The second-order valence-corrected chi connectivity index (χ2v) is 14.4. The number of hydrogen-bond acceptors (Lipinski definition) is 2. The summed E-state index contributed by atoms with van der Waals surface area (Å²) in [5.41, 5.74) is 0.137. The molecule has 0 spiro atoms. The highest BCUT2D eigenvalue weighted by molar-refractivity contribution is 7.05. The summed E-state index contributed by atoms with van der Waals surface area (Å²) < 4.78 is 5.17. The van der Waals surface area contributed by atoms with E-state index in [1.54, 1.807) is 0 Å². The van der Waals surface area contributed by atoms with Gasteiger partial charge >= 0.3 is 5.97 Å². The van der Waals surface area contributed by atoms with Gasteiger partial charge in [-0.25, -0.2) is 0 Å². The highest BCUT2D eigenvalue weighted by Crippen LogP contribution is 2.55. The van der Waals surface area contributed by atoms with E-state index in [-0.39, 0.29) is 16.4 Å². The predicted octanol–water partition coefficient (Wildman–Crippen LogP) is 4.78. The Morgan fingerprint density at radius 3 is 1.89 bits per heavy atom. The standard InChI is InChI=1S/C24H32O2Si/c1-23(2,3)27(19-12-8-6-9-13-19,20-14-10-7-11-15-20)21-16-17-24(4,18-21)22(25)26-5/h6-15,21H,16-18H2,1-5H3/t21-,24-/m1/s1. The molecule has 3 heteroatoms.